The van der Waals surface area contributed by atoms with Gasteiger partial charge in [0, 0.05) is 29.9 Å². The molecule has 0 unspecified atom stereocenters. The summed E-state index contributed by atoms with van der Waals surface area (Å²) in [7, 11) is 0. The van der Waals surface area contributed by atoms with Gasteiger partial charge in [0.1, 0.15) is 0 Å². The van der Waals surface area contributed by atoms with Crippen LogP contribution in [0.4, 0.5) is 0 Å². The number of carbonyl (C=O) groups is 2. The number of para-hydroxylation sites is 1. The molecular formula is C24H28N2O2. The molecule has 0 bridgehead atoms. The van der Waals surface area contributed by atoms with Crippen LogP contribution in [0, 0.1) is 13.8 Å². The van der Waals surface area contributed by atoms with Crippen LogP contribution in [0.25, 0.3) is 10.9 Å². The van der Waals surface area contributed by atoms with Crippen molar-refractivity contribution in [3.05, 3.63) is 71.4 Å². The van der Waals surface area contributed by atoms with Crippen molar-refractivity contribution in [2.45, 2.75) is 46.1 Å². The van der Waals surface area contributed by atoms with Gasteiger partial charge in [-0.15, -0.1) is 0 Å². The molecule has 0 saturated carbocycles. The first-order chi connectivity index (χ1) is 13.6. The predicted octanol–water partition coefficient (Wildman–Crippen LogP) is 5.12. The molecular weight excluding hydrogens is 348 g/mol. The zero-order valence-electron chi connectivity index (χ0n) is 16.7. The lowest BCUT2D eigenvalue weighted by Crippen LogP contribution is -2.31. The van der Waals surface area contributed by atoms with Crippen molar-refractivity contribution in [2.24, 2.45) is 0 Å². The molecule has 4 heteroatoms. The van der Waals surface area contributed by atoms with E-state index >= 15 is 0 Å². The third kappa shape index (κ3) is 4.50. The molecule has 4 nitrogen and oxygen atoms in total. The van der Waals surface area contributed by atoms with Gasteiger partial charge < -0.3 is 4.57 Å². The molecule has 0 aliphatic carbocycles. The van der Waals surface area contributed by atoms with Crippen LogP contribution in [-0.4, -0.2) is 28.3 Å². The summed E-state index contributed by atoms with van der Waals surface area (Å²) in [5.74, 6) is -0.206. The largest absolute Gasteiger partial charge is 0.345 e. The molecule has 0 aliphatic rings. The first-order valence-electron chi connectivity index (χ1n) is 9.98. The van der Waals surface area contributed by atoms with E-state index in [1.807, 2.05) is 25.1 Å². The highest BCUT2D eigenvalue weighted by molar-refractivity contribution is 6.00. The third-order valence-electron chi connectivity index (χ3n) is 5.31. The molecule has 1 aromatic heterocycles. The van der Waals surface area contributed by atoms with Gasteiger partial charge in [-0.05, 0) is 55.8 Å². The Balaban J connectivity index is 1.45. The van der Waals surface area contributed by atoms with Crippen molar-refractivity contribution in [1.82, 2.24) is 9.47 Å². The van der Waals surface area contributed by atoms with E-state index < -0.39 is 0 Å². The number of unbranched alkanes of at least 4 members (excludes halogenated alkanes) is 3. The minimum absolute atomic E-state index is 0.206. The number of imide groups is 1. The standard InChI is InChI=1S/C24H28N2O2/c1-19-11-5-7-13-22(19)24(28)25(18-27)15-9-3-4-10-16-26-20(2)17-21-12-6-8-14-23(21)26/h5-8,11-14,17-18H,3-4,9-10,15-16H2,1-2H3. The number of nitrogens with zero attached hydrogens (tertiary/aromatic N) is 2. The highest BCUT2D eigenvalue weighted by Crippen LogP contribution is 2.20. The number of aromatic nitrogens is 1. The fraction of sp³-hybridized carbons (Fsp3) is 0.333. The van der Waals surface area contributed by atoms with Gasteiger partial charge in [0.2, 0.25) is 6.41 Å². The molecule has 2 aromatic carbocycles. The molecule has 0 spiro atoms. The summed E-state index contributed by atoms with van der Waals surface area (Å²) in [4.78, 5) is 25.2. The van der Waals surface area contributed by atoms with Crippen LogP contribution in [0.5, 0.6) is 0 Å². The van der Waals surface area contributed by atoms with Crippen LogP contribution in [0.1, 0.15) is 47.3 Å². The summed E-state index contributed by atoms with van der Waals surface area (Å²) >= 11 is 0. The van der Waals surface area contributed by atoms with Gasteiger partial charge in [-0.2, -0.15) is 0 Å². The molecule has 0 saturated heterocycles. The van der Waals surface area contributed by atoms with Crippen molar-refractivity contribution in [1.29, 1.82) is 0 Å². The van der Waals surface area contributed by atoms with Crippen LogP contribution in [-0.2, 0) is 11.3 Å². The maximum Gasteiger partial charge on any atom is 0.260 e. The topological polar surface area (TPSA) is 42.3 Å². The second kappa shape index (κ2) is 9.36. The molecule has 0 fully saturated rings. The number of hydrogen-bond donors (Lipinski definition) is 0. The van der Waals surface area contributed by atoms with E-state index in [4.69, 9.17) is 0 Å². The van der Waals surface area contributed by atoms with Crippen molar-refractivity contribution in [2.75, 3.05) is 6.54 Å². The molecule has 146 valence electrons. The Morgan fingerprint density at radius 1 is 0.964 bits per heavy atom. The number of carbonyl (C=O) groups excluding carboxylic acids is 2. The average molecular weight is 376 g/mol. The van der Waals surface area contributed by atoms with E-state index in [9.17, 15) is 9.59 Å². The Hall–Kier alpha value is -2.88. The second-order valence-corrected chi connectivity index (χ2v) is 7.33. The molecule has 3 rings (SSSR count). The lowest BCUT2D eigenvalue weighted by Gasteiger charge is -2.16. The quantitative estimate of drug-likeness (QED) is 0.384. The van der Waals surface area contributed by atoms with E-state index in [0.717, 1.165) is 37.8 Å². The zero-order valence-corrected chi connectivity index (χ0v) is 16.7. The Labute approximate surface area is 166 Å². The Morgan fingerprint density at radius 2 is 1.68 bits per heavy atom. The number of hydrogen-bond acceptors (Lipinski definition) is 2. The van der Waals surface area contributed by atoms with Crippen molar-refractivity contribution < 1.29 is 9.59 Å². The van der Waals surface area contributed by atoms with E-state index in [2.05, 4.69) is 41.8 Å². The summed E-state index contributed by atoms with van der Waals surface area (Å²) < 4.78 is 2.37. The van der Waals surface area contributed by atoms with Crippen LogP contribution in [0.2, 0.25) is 0 Å². The lowest BCUT2D eigenvalue weighted by atomic mass is 10.1. The second-order valence-electron chi connectivity index (χ2n) is 7.33. The van der Waals surface area contributed by atoms with Gasteiger partial charge in [0.15, 0.2) is 0 Å². The van der Waals surface area contributed by atoms with Crippen LogP contribution in [0.3, 0.4) is 0 Å². The Bertz CT molecular complexity index is 958. The third-order valence-corrected chi connectivity index (χ3v) is 5.31. The number of fused-ring (bicyclic) bond motifs is 1. The van der Waals surface area contributed by atoms with Gasteiger partial charge in [0.25, 0.3) is 5.91 Å². The predicted molar refractivity (Wildman–Crippen MR) is 113 cm³/mol. The number of aryl methyl sites for hydroxylation is 3. The first kappa shape index (κ1) is 19.9. The molecule has 3 aromatic rings. The Morgan fingerprint density at radius 3 is 2.46 bits per heavy atom. The maximum atomic E-state index is 12.5. The minimum atomic E-state index is -0.206. The van der Waals surface area contributed by atoms with E-state index in [1.54, 1.807) is 6.07 Å². The van der Waals surface area contributed by atoms with Crippen molar-refractivity contribution in [3.8, 4) is 0 Å². The summed E-state index contributed by atoms with van der Waals surface area (Å²) in [5.41, 5.74) is 4.08. The molecule has 1 heterocycles. The van der Waals surface area contributed by atoms with E-state index in [1.165, 1.54) is 21.5 Å². The minimum Gasteiger partial charge on any atom is -0.345 e. The molecule has 0 aliphatic heterocycles. The van der Waals surface area contributed by atoms with Gasteiger partial charge in [-0.1, -0.05) is 49.2 Å². The van der Waals surface area contributed by atoms with Crippen molar-refractivity contribution >= 4 is 23.2 Å². The highest BCUT2D eigenvalue weighted by atomic mass is 16.2. The van der Waals surface area contributed by atoms with Gasteiger partial charge in [0.05, 0.1) is 0 Å². The summed E-state index contributed by atoms with van der Waals surface area (Å²) in [6, 6.07) is 18.1. The number of rotatable bonds is 9. The molecule has 2 amide bonds. The summed E-state index contributed by atoms with van der Waals surface area (Å²) in [6.07, 6.45) is 4.67. The fourth-order valence-corrected chi connectivity index (χ4v) is 3.72. The monoisotopic (exact) mass is 376 g/mol. The summed E-state index contributed by atoms with van der Waals surface area (Å²) in [5, 5.41) is 1.29. The number of amides is 2. The average Bonchev–Trinajstić information content (AvgIpc) is 3.02. The molecule has 0 radical (unpaired) electrons. The smallest absolute Gasteiger partial charge is 0.260 e. The Kier molecular flexibility index (Phi) is 6.64. The van der Waals surface area contributed by atoms with E-state index in [-0.39, 0.29) is 5.91 Å². The molecule has 0 N–H and O–H groups in total. The van der Waals surface area contributed by atoms with Crippen LogP contribution < -0.4 is 0 Å². The van der Waals surface area contributed by atoms with Crippen molar-refractivity contribution in [3.63, 3.8) is 0 Å². The SMILES string of the molecule is Cc1ccccc1C(=O)N(C=O)CCCCCCn1c(C)cc2ccccc21. The van der Waals surface area contributed by atoms with Gasteiger partial charge in [-0.3, -0.25) is 14.5 Å². The highest BCUT2D eigenvalue weighted by Gasteiger charge is 2.16. The summed E-state index contributed by atoms with van der Waals surface area (Å²) in [6.45, 7) is 5.52. The number of benzene rings is 2. The van der Waals surface area contributed by atoms with E-state index in [0.29, 0.717) is 18.5 Å². The first-order valence-corrected chi connectivity index (χ1v) is 9.98. The zero-order chi connectivity index (χ0) is 19.9. The lowest BCUT2D eigenvalue weighted by molar-refractivity contribution is -0.116. The molecule has 0 atom stereocenters. The fourth-order valence-electron chi connectivity index (χ4n) is 3.72. The van der Waals surface area contributed by atoms with Crippen LogP contribution in [0.15, 0.2) is 54.6 Å². The maximum absolute atomic E-state index is 12.5. The van der Waals surface area contributed by atoms with Crippen LogP contribution >= 0.6 is 0 Å². The van der Waals surface area contributed by atoms with Gasteiger partial charge >= 0.3 is 0 Å². The molecule has 28 heavy (non-hydrogen) atoms. The normalized spacial score (nSPS) is 10.9. The van der Waals surface area contributed by atoms with Gasteiger partial charge in [-0.25, -0.2) is 0 Å².